The second kappa shape index (κ2) is 5.07. The highest BCUT2D eigenvalue weighted by Gasteiger charge is 2.14. The summed E-state index contributed by atoms with van der Waals surface area (Å²) >= 11 is 5.65. The standard InChI is InChI=1S/C12H10ClFN2O2S/c13-8-5-9(14)7-11(6-8)16-19(17,18)12-3-1-10(15)2-4-12/h1-7,16H,15H2. The Morgan fingerprint density at radius 3 is 2.32 bits per heavy atom. The van der Waals surface area contributed by atoms with E-state index in [2.05, 4.69) is 4.72 Å². The minimum atomic E-state index is -3.79. The molecule has 0 fully saturated rings. The van der Waals surface area contributed by atoms with E-state index in [9.17, 15) is 12.8 Å². The van der Waals surface area contributed by atoms with E-state index in [0.717, 1.165) is 12.1 Å². The van der Waals surface area contributed by atoms with Crippen LogP contribution in [0.25, 0.3) is 0 Å². The van der Waals surface area contributed by atoms with Gasteiger partial charge in [-0.05, 0) is 42.5 Å². The summed E-state index contributed by atoms with van der Waals surface area (Å²) in [7, 11) is -3.79. The van der Waals surface area contributed by atoms with Gasteiger partial charge in [0.1, 0.15) is 5.82 Å². The fourth-order valence-corrected chi connectivity index (χ4v) is 2.74. The maximum absolute atomic E-state index is 13.1. The first kappa shape index (κ1) is 13.6. The molecule has 0 unspecified atom stereocenters. The highest BCUT2D eigenvalue weighted by molar-refractivity contribution is 7.92. The summed E-state index contributed by atoms with van der Waals surface area (Å²) in [5.74, 6) is -0.623. The monoisotopic (exact) mass is 300 g/mol. The first-order valence-corrected chi connectivity index (χ1v) is 7.07. The molecule has 19 heavy (non-hydrogen) atoms. The van der Waals surface area contributed by atoms with Crippen molar-refractivity contribution in [3.05, 3.63) is 53.3 Å². The third-order valence-corrected chi connectivity index (χ3v) is 3.92. The maximum Gasteiger partial charge on any atom is 0.261 e. The van der Waals surface area contributed by atoms with E-state index in [1.54, 1.807) is 0 Å². The topological polar surface area (TPSA) is 72.2 Å². The zero-order chi connectivity index (χ0) is 14.0. The summed E-state index contributed by atoms with van der Waals surface area (Å²) in [4.78, 5) is 0.0297. The molecule has 4 nitrogen and oxygen atoms in total. The van der Waals surface area contributed by atoms with Gasteiger partial charge in [0.25, 0.3) is 10.0 Å². The molecule has 2 aromatic rings. The van der Waals surface area contributed by atoms with Crippen LogP contribution in [0.4, 0.5) is 15.8 Å². The van der Waals surface area contributed by atoms with Gasteiger partial charge in [-0.15, -0.1) is 0 Å². The average Bonchev–Trinajstić information content (AvgIpc) is 2.27. The second-order valence-corrected chi connectivity index (χ2v) is 5.95. The number of sulfonamides is 1. The Morgan fingerprint density at radius 1 is 1.11 bits per heavy atom. The van der Waals surface area contributed by atoms with Gasteiger partial charge in [0.15, 0.2) is 0 Å². The number of halogens is 2. The van der Waals surface area contributed by atoms with Crippen molar-refractivity contribution in [3.8, 4) is 0 Å². The molecule has 0 aromatic heterocycles. The summed E-state index contributed by atoms with van der Waals surface area (Å²) in [6.07, 6.45) is 0. The normalized spacial score (nSPS) is 11.3. The Morgan fingerprint density at radius 2 is 1.74 bits per heavy atom. The zero-order valence-corrected chi connectivity index (χ0v) is 11.2. The number of hydrogen-bond donors (Lipinski definition) is 2. The van der Waals surface area contributed by atoms with Crippen LogP contribution in [0.3, 0.4) is 0 Å². The van der Waals surface area contributed by atoms with Gasteiger partial charge in [-0.1, -0.05) is 11.6 Å². The van der Waals surface area contributed by atoms with Gasteiger partial charge in [0.05, 0.1) is 10.6 Å². The second-order valence-electron chi connectivity index (χ2n) is 3.83. The van der Waals surface area contributed by atoms with Crippen molar-refractivity contribution in [2.24, 2.45) is 0 Å². The van der Waals surface area contributed by atoms with E-state index in [1.165, 1.54) is 30.3 Å². The maximum atomic E-state index is 13.1. The van der Waals surface area contributed by atoms with Crippen LogP contribution in [0.1, 0.15) is 0 Å². The predicted molar refractivity (Wildman–Crippen MR) is 73.1 cm³/mol. The van der Waals surface area contributed by atoms with E-state index < -0.39 is 15.8 Å². The van der Waals surface area contributed by atoms with Crippen molar-refractivity contribution in [1.82, 2.24) is 0 Å². The third kappa shape index (κ3) is 3.36. The van der Waals surface area contributed by atoms with E-state index in [4.69, 9.17) is 17.3 Å². The van der Waals surface area contributed by atoms with Crippen LogP contribution in [0.15, 0.2) is 47.4 Å². The molecule has 0 aliphatic heterocycles. The quantitative estimate of drug-likeness (QED) is 0.856. The van der Waals surface area contributed by atoms with E-state index >= 15 is 0 Å². The molecule has 100 valence electrons. The number of anilines is 2. The third-order valence-electron chi connectivity index (χ3n) is 2.31. The Balaban J connectivity index is 2.33. The zero-order valence-electron chi connectivity index (χ0n) is 9.60. The van der Waals surface area contributed by atoms with E-state index in [0.29, 0.717) is 5.69 Å². The minimum absolute atomic E-state index is 0.0297. The molecule has 0 aliphatic rings. The summed E-state index contributed by atoms with van der Waals surface area (Å²) < 4.78 is 39.4. The molecule has 7 heteroatoms. The van der Waals surface area contributed by atoms with Gasteiger partial charge in [-0.25, -0.2) is 12.8 Å². The lowest BCUT2D eigenvalue weighted by atomic mass is 10.3. The Hall–Kier alpha value is -1.79. The van der Waals surface area contributed by atoms with Crippen LogP contribution in [-0.2, 0) is 10.0 Å². The van der Waals surface area contributed by atoms with Crippen LogP contribution in [0.2, 0.25) is 5.02 Å². The first-order valence-electron chi connectivity index (χ1n) is 5.21. The van der Waals surface area contributed by atoms with Crippen LogP contribution < -0.4 is 10.5 Å². The molecule has 0 heterocycles. The van der Waals surface area contributed by atoms with Crippen molar-refractivity contribution in [2.75, 3.05) is 10.5 Å². The molecular weight excluding hydrogens is 291 g/mol. The lowest BCUT2D eigenvalue weighted by molar-refractivity contribution is 0.601. The molecule has 3 N–H and O–H groups in total. The fraction of sp³-hybridized carbons (Fsp3) is 0. The summed E-state index contributed by atoms with van der Waals surface area (Å²) in [5, 5.41) is 0.106. The van der Waals surface area contributed by atoms with Gasteiger partial charge in [0.2, 0.25) is 0 Å². The van der Waals surface area contributed by atoms with Gasteiger partial charge >= 0.3 is 0 Å². The SMILES string of the molecule is Nc1ccc(S(=O)(=O)Nc2cc(F)cc(Cl)c2)cc1. The van der Waals surface area contributed by atoms with Gasteiger partial charge in [-0.3, -0.25) is 4.72 Å². The van der Waals surface area contributed by atoms with Crippen molar-refractivity contribution < 1.29 is 12.8 Å². The van der Waals surface area contributed by atoms with Crippen molar-refractivity contribution in [2.45, 2.75) is 4.90 Å². The van der Waals surface area contributed by atoms with E-state index in [-0.39, 0.29) is 15.6 Å². The van der Waals surface area contributed by atoms with Crippen molar-refractivity contribution in [1.29, 1.82) is 0 Å². The smallest absolute Gasteiger partial charge is 0.261 e. The number of benzene rings is 2. The molecule has 0 spiro atoms. The van der Waals surface area contributed by atoms with Crippen LogP contribution in [-0.4, -0.2) is 8.42 Å². The Kier molecular flexibility index (Phi) is 3.64. The average molecular weight is 301 g/mol. The molecule has 0 saturated carbocycles. The van der Waals surface area contributed by atoms with Crippen molar-refractivity contribution >= 4 is 33.0 Å². The lowest BCUT2D eigenvalue weighted by Crippen LogP contribution is -2.13. The summed E-state index contributed by atoms with van der Waals surface area (Å²) in [6.45, 7) is 0. The molecule has 0 saturated heterocycles. The largest absolute Gasteiger partial charge is 0.399 e. The Bertz CT molecular complexity index is 682. The van der Waals surface area contributed by atoms with Crippen LogP contribution in [0, 0.1) is 5.82 Å². The van der Waals surface area contributed by atoms with Crippen LogP contribution in [0.5, 0.6) is 0 Å². The number of nitrogens with one attached hydrogen (secondary N) is 1. The van der Waals surface area contributed by atoms with Gasteiger partial charge in [-0.2, -0.15) is 0 Å². The van der Waals surface area contributed by atoms with E-state index in [1.807, 2.05) is 0 Å². The molecular formula is C12H10ClFN2O2S. The number of nitrogen functional groups attached to an aromatic ring is 1. The highest BCUT2D eigenvalue weighted by atomic mass is 35.5. The molecule has 0 atom stereocenters. The van der Waals surface area contributed by atoms with Crippen molar-refractivity contribution in [3.63, 3.8) is 0 Å². The number of nitrogens with two attached hydrogens (primary N) is 1. The molecule has 0 radical (unpaired) electrons. The minimum Gasteiger partial charge on any atom is -0.399 e. The van der Waals surface area contributed by atoms with Gasteiger partial charge < -0.3 is 5.73 Å². The first-order chi connectivity index (χ1) is 8.87. The molecule has 0 amide bonds. The summed E-state index contributed by atoms with van der Waals surface area (Å²) in [6, 6.07) is 9.10. The highest BCUT2D eigenvalue weighted by Crippen LogP contribution is 2.21. The van der Waals surface area contributed by atoms with Crippen LogP contribution >= 0.6 is 11.6 Å². The number of hydrogen-bond acceptors (Lipinski definition) is 3. The molecule has 2 rings (SSSR count). The molecule has 2 aromatic carbocycles. The lowest BCUT2D eigenvalue weighted by Gasteiger charge is -2.08. The predicted octanol–water partition coefficient (Wildman–Crippen LogP) is 2.86. The number of rotatable bonds is 3. The molecule has 0 aliphatic carbocycles. The van der Waals surface area contributed by atoms with Gasteiger partial charge in [0, 0.05) is 10.7 Å². The fourth-order valence-electron chi connectivity index (χ4n) is 1.47. The summed E-state index contributed by atoms with van der Waals surface area (Å²) in [5.41, 5.74) is 5.99. The Labute approximate surface area is 115 Å². The molecule has 0 bridgehead atoms.